The minimum Gasteiger partial charge on any atom is -0.439 e. The van der Waals surface area contributed by atoms with Gasteiger partial charge in [-0.2, -0.15) is 0 Å². The zero-order valence-corrected chi connectivity index (χ0v) is 17.2. The standard InChI is InChI=1S/C23H27N5O2/c1-2-27-15-13-24-21(27)17-28-14-7-6-10-20(28)23(29)26-18-11-12-22(25-16-18)30-19-8-4-3-5-9-19/h3-5,8-9,11-13,15-16,20H,2,6-7,10,14,17H2,1H3,(H,26,29)/t20-/m0/s1. The molecule has 7 heteroatoms. The molecule has 1 amide bonds. The number of ether oxygens (including phenoxy) is 1. The van der Waals surface area contributed by atoms with Crippen molar-refractivity contribution in [2.45, 2.75) is 45.3 Å². The van der Waals surface area contributed by atoms with Crippen molar-refractivity contribution in [1.29, 1.82) is 0 Å². The predicted octanol–water partition coefficient (Wildman–Crippen LogP) is 4.08. The first-order valence-electron chi connectivity index (χ1n) is 10.5. The van der Waals surface area contributed by atoms with Crippen LogP contribution in [0.2, 0.25) is 0 Å². The fraction of sp³-hybridized carbons (Fsp3) is 0.348. The lowest BCUT2D eigenvalue weighted by molar-refractivity contribution is -0.122. The van der Waals surface area contributed by atoms with E-state index in [4.69, 9.17) is 4.74 Å². The number of hydrogen-bond acceptors (Lipinski definition) is 5. The van der Waals surface area contributed by atoms with Crippen molar-refractivity contribution in [3.05, 3.63) is 66.9 Å². The number of likely N-dealkylation sites (tertiary alicyclic amines) is 1. The first kappa shape index (κ1) is 20.1. The van der Waals surface area contributed by atoms with Gasteiger partial charge in [-0.1, -0.05) is 24.6 Å². The van der Waals surface area contributed by atoms with Crippen LogP contribution in [0.3, 0.4) is 0 Å². The van der Waals surface area contributed by atoms with E-state index in [1.54, 1.807) is 12.3 Å². The van der Waals surface area contributed by atoms with E-state index in [2.05, 4.69) is 31.7 Å². The summed E-state index contributed by atoms with van der Waals surface area (Å²) in [4.78, 5) is 24.0. The lowest BCUT2D eigenvalue weighted by Crippen LogP contribution is -2.47. The highest BCUT2D eigenvalue weighted by Gasteiger charge is 2.29. The molecule has 0 radical (unpaired) electrons. The van der Waals surface area contributed by atoms with Gasteiger partial charge in [0.05, 0.1) is 24.5 Å². The van der Waals surface area contributed by atoms with Crippen LogP contribution < -0.4 is 10.1 Å². The third-order valence-electron chi connectivity index (χ3n) is 5.37. The summed E-state index contributed by atoms with van der Waals surface area (Å²) in [5.74, 6) is 2.22. The Hall–Kier alpha value is -3.19. The van der Waals surface area contributed by atoms with Crippen LogP contribution in [-0.4, -0.2) is 37.9 Å². The summed E-state index contributed by atoms with van der Waals surface area (Å²) in [5.41, 5.74) is 0.668. The Morgan fingerprint density at radius 2 is 2.03 bits per heavy atom. The largest absolute Gasteiger partial charge is 0.439 e. The van der Waals surface area contributed by atoms with Gasteiger partial charge in [-0.05, 0) is 44.5 Å². The predicted molar refractivity (Wildman–Crippen MR) is 115 cm³/mol. The number of para-hydroxylation sites is 1. The first-order chi connectivity index (χ1) is 14.7. The number of anilines is 1. The third kappa shape index (κ3) is 4.86. The van der Waals surface area contributed by atoms with Crippen LogP contribution in [0.5, 0.6) is 11.6 Å². The SMILES string of the molecule is CCn1ccnc1CN1CCCC[C@H]1C(=O)Nc1ccc(Oc2ccccc2)nc1. The van der Waals surface area contributed by atoms with Gasteiger partial charge in [0.15, 0.2) is 0 Å². The molecule has 1 atom stereocenters. The summed E-state index contributed by atoms with van der Waals surface area (Å²) in [7, 11) is 0. The Balaban J connectivity index is 1.39. The minimum atomic E-state index is -0.166. The molecule has 2 aromatic heterocycles. The van der Waals surface area contributed by atoms with Crippen molar-refractivity contribution in [2.75, 3.05) is 11.9 Å². The van der Waals surface area contributed by atoms with E-state index in [1.165, 1.54) is 0 Å². The lowest BCUT2D eigenvalue weighted by Gasteiger charge is -2.34. The maximum Gasteiger partial charge on any atom is 0.241 e. The van der Waals surface area contributed by atoms with E-state index in [1.807, 2.05) is 48.8 Å². The molecule has 1 aliphatic rings. The van der Waals surface area contributed by atoms with E-state index in [-0.39, 0.29) is 11.9 Å². The molecule has 4 rings (SSSR count). The number of carbonyl (C=O) groups excluding carboxylic acids is 1. The van der Waals surface area contributed by atoms with E-state index in [9.17, 15) is 4.79 Å². The fourth-order valence-electron chi connectivity index (χ4n) is 3.79. The number of carbonyl (C=O) groups is 1. The molecule has 0 spiro atoms. The summed E-state index contributed by atoms with van der Waals surface area (Å²) in [6.45, 7) is 4.56. The molecule has 1 aliphatic heterocycles. The second kappa shape index (κ2) is 9.54. The highest BCUT2D eigenvalue weighted by atomic mass is 16.5. The van der Waals surface area contributed by atoms with Crippen molar-refractivity contribution < 1.29 is 9.53 Å². The van der Waals surface area contributed by atoms with Gasteiger partial charge in [-0.15, -0.1) is 0 Å². The number of pyridine rings is 1. The summed E-state index contributed by atoms with van der Waals surface area (Å²) in [5, 5.41) is 3.02. The molecule has 0 bridgehead atoms. The Bertz CT molecular complexity index is 955. The highest BCUT2D eigenvalue weighted by Crippen LogP contribution is 2.23. The number of imidazole rings is 1. The van der Waals surface area contributed by atoms with Crippen molar-refractivity contribution in [2.24, 2.45) is 0 Å². The quantitative estimate of drug-likeness (QED) is 0.641. The van der Waals surface area contributed by atoms with Crippen LogP contribution >= 0.6 is 0 Å². The number of piperidine rings is 1. The molecular formula is C23H27N5O2. The van der Waals surface area contributed by atoms with Gasteiger partial charge in [-0.3, -0.25) is 9.69 Å². The maximum absolute atomic E-state index is 13.0. The second-order valence-electron chi connectivity index (χ2n) is 7.40. The van der Waals surface area contributed by atoms with Crippen molar-refractivity contribution in [3.63, 3.8) is 0 Å². The van der Waals surface area contributed by atoms with Crippen LogP contribution in [0, 0.1) is 0 Å². The van der Waals surface area contributed by atoms with E-state index >= 15 is 0 Å². The Morgan fingerprint density at radius 3 is 2.80 bits per heavy atom. The minimum absolute atomic E-state index is 0.00262. The Kier molecular flexibility index (Phi) is 6.39. The molecule has 1 N–H and O–H groups in total. The number of amides is 1. The average Bonchev–Trinajstić information content (AvgIpc) is 3.23. The molecule has 1 aromatic carbocycles. The Morgan fingerprint density at radius 1 is 1.17 bits per heavy atom. The number of hydrogen-bond donors (Lipinski definition) is 1. The zero-order chi connectivity index (χ0) is 20.8. The molecule has 1 fully saturated rings. The van der Waals surface area contributed by atoms with Gasteiger partial charge < -0.3 is 14.6 Å². The molecule has 3 heterocycles. The molecular weight excluding hydrogens is 378 g/mol. The number of aromatic nitrogens is 3. The van der Waals surface area contributed by atoms with Gasteiger partial charge in [0.25, 0.3) is 0 Å². The van der Waals surface area contributed by atoms with Gasteiger partial charge in [-0.25, -0.2) is 9.97 Å². The van der Waals surface area contributed by atoms with Crippen molar-refractivity contribution in [1.82, 2.24) is 19.4 Å². The van der Waals surface area contributed by atoms with Gasteiger partial charge in [0.2, 0.25) is 11.8 Å². The smallest absolute Gasteiger partial charge is 0.241 e. The van der Waals surface area contributed by atoms with Crippen LogP contribution in [0.15, 0.2) is 61.1 Å². The van der Waals surface area contributed by atoms with Crippen LogP contribution in [0.4, 0.5) is 5.69 Å². The highest BCUT2D eigenvalue weighted by molar-refractivity contribution is 5.94. The van der Waals surface area contributed by atoms with Crippen molar-refractivity contribution in [3.8, 4) is 11.6 Å². The molecule has 0 saturated carbocycles. The monoisotopic (exact) mass is 405 g/mol. The third-order valence-corrected chi connectivity index (χ3v) is 5.37. The van der Waals surface area contributed by atoms with Crippen molar-refractivity contribution >= 4 is 11.6 Å². The molecule has 3 aromatic rings. The Labute approximate surface area is 176 Å². The number of benzene rings is 1. The molecule has 0 aliphatic carbocycles. The topological polar surface area (TPSA) is 72.3 Å². The first-order valence-corrected chi connectivity index (χ1v) is 10.5. The van der Waals surface area contributed by atoms with Crippen LogP contribution in [-0.2, 0) is 17.9 Å². The average molecular weight is 406 g/mol. The fourth-order valence-corrected chi connectivity index (χ4v) is 3.79. The molecule has 1 saturated heterocycles. The lowest BCUT2D eigenvalue weighted by atomic mass is 10.0. The summed E-state index contributed by atoms with van der Waals surface area (Å²) < 4.78 is 7.83. The summed E-state index contributed by atoms with van der Waals surface area (Å²) in [6.07, 6.45) is 8.44. The number of nitrogens with one attached hydrogen (secondary N) is 1. The van der Waals surface area contributed by atoms with Gasteiger partial charge in [0.1, 0.15) is 11.6 Å². The van der Waals surface area contributed by atoms with E-state index in [0.717, 1.165) is 43.9 Å². The van der Waals surface area contributed by atoms with E-state index < -0.39 is 0 Å². The van der Waals surface area contributed by atoms with E-state index in [0.29, 0.717) is 18.1 Å². The van der Waals surface area contributed by atoms with Crippen LogP contribution in [0.1, 0.15) is 32.0 Å². The second-order valence-corrected chi connectivity index (χ2v) is 7.40. The molecule has 7 nitrogen and oxygen atoms in total. The molecule has 30 heavy (non-hydrogen) atoms. The normalized spacial score (nSPS) is 16.9. The maximum atomic E-state index is 13.0. The number of rotatable bonds is 7. The molecule has 0 unspecified atom stereocenters. The van der Waals surface area contributed by atoms with Crippen LogP contribution in [0.25, 0.3) is 0 Å². The zero-order valence-electron chi connectivity index (χ0n) is 17.2. The van der Waals surface area contributed by atoms with Gasteiger partial charge in [0, 0.05) is 25.0 Å². The summed E-state index contributed by atoms with van der Waals surface area (Å²) in [6, 6.07) is 12.9. The number of aryl methyl sites for hydroxylation is 1. The molecule has 156 valence electrons. The summed E-state index contributed by atoms with van der Waals surface area (Å²) >= 11 is 0. The van der Waals surface area contributed by atoms with Gasteiger partial charge >= 0.3 is 0 Å². The number of nitrogens with zero attached hydrogens (tertiary/aromatic N) is 4.